The zero-order valence-electron chi connectivity index (χ0n) is 11.0. The number of hydrogen-bond donors (Lipinski definition) is 1. The van der Waals surface area contributed by atoms with E-state index in [1.165, 1.54) is 12.1 Å². The van der Waals surface area contributed by atoms with Crippen LogP contribution >= 0.6 is 15.9 Å². The highest BCUT2D eigenvalue weighted by atomic mass is 79.9. The normalized spacial score (nSPS) is 18.6. The van der Waals surface area contributed by atoms with Gasteiger partial charge in [-0.15, -0.1) is 0 Å². The molecule has 0 aliphatic carbocycles. The van der Waals surface area contributed by atoms with Crippen LogP contribution in [-0.2, 0) is 0 Å². The molecule has 1 fully saturated rings. The van der Waals surface area contributed by atoms with E-state index in [2.05, 4.69) is 21.2 Å². The monoisotopic (exact) mass is 328 g/mol. The summed E-state index contributed by atoms with van der Waals surface area (Å²) in [5.74, 6) is -0.477. The van der Waals surface area contributed by atoms with Crippen molar-refractivity contribution in [1.82, 2.24) is 10.2 Å². The molecule has 104 valence electrons. The van der Waals surface area contributed by atoms with Crippen molar-refractivity contribution < 1.29 is 9.18 Å². The standard InChI is InChI=1S/C14H18BrFN2O/c1-2-5-18(13-3-4-17-9-13)14(19)10-6-11(15)8-12(16)7-10/h6-8,13,17H,2-5,9H2,1H3. The van der Waals surface area contributed by atoms with E-state index in [0.717, 1.165) is 25.9 Å². The first-order valence-corrected chi connectivity index (χ1v) is 7.39. The lowest BCUT2D eigenvalue weighted by Gasteiger charge is -2.28. The Morgan fingerprint density at radius 1 is 1.53 bits per heavy atom. The first kappa shape index (κ1) is 14.5. The Hall–Kier alpha value is -0.940. The van der Waals surface area contributed by atoms with Gasteiger partial charge in [0.15, 0.2) is 0 Å². The number of halogens is 2. The zero-order valence-corrected chi connectivity index (χ0v) is 12.5. The van der Waals surface area contributed by atoms with E-state index in [1.807, 2.05) is 11.8 Å². The van der Waals surface area contributed by atoms with Crippen LogP contribution < -0.4 is 5.32 Å². The highest BCUT2D eigenvalue weighted by molar-refractivity contribution is 9.10. The molecule has 5 heteroatoms. The van der Waals surface area contributed by atoms with Crippen LogP contribution in [0.3, 0.4) is 0 Å². The van der Waals surface area contributed by atoms with Gasteiger partial charge in [-0.2, -0.15) is 0 Å². The summed E-state index contributed by atoms with van der Waals surface area (Å²) in [6.45, 7) is 4.51. The molecule has 1 unspecified atom stereocenters. The fourth-order valence-electron chi connectivity index (χ4n) is 2.44. The molecule has 0 bridgehead atoms. The first-order chi connectivity index (χ1) is 9.11. The molecule has 19 heavy (non-hydrogen) atoms. The van der Waals surface area contributed by atoms with E-state index >= 15 is 0 Å². The van der Waals surface area contributed by atoms with Crippen LogP contribution in [-0.4, -0.2) is 36.5 Å². The molecule has 0 aromatic heterocycles. The lowest BCUT2D eigenvalue weighted by molar-refractivity contribution is 0.0691. The van der Waals surface area contributed by atoms with E-state index in [1.54, 1.807) is 6.07 Å². The summed E-state index contributed by atoms with van der Waals surface area (Å²) >= 11 is 3.23. The summed E-state index contributed by atoms with van der Waals surface area (Å²) in [7, 11) is 0. The molecule has 1 N–H and O–H groups in total. The third-order valence-electron chi connectivity index (χ3n) is 3.31. The quantitative estimate of drug-likeness (QED) is 0.921. The molecule has 0 radical (unpaired) electrons. The SMILES string of the molecule is CCCN(C(=O)c1cc(F)cc(Br)c1)C1CCNC1. The molecule has 1 aliphatic heterocycles. The van der Waals surface area contributed by atoms with Crippen molar-refractivity contribution in [3.8, 4) is 0 Å². The van der Waals surface area contributed by atoms with Crippen LogP contribution in [0.25, 0.3) is 0 Å². The number of carbonyl (C=O) groups excluding carboxylic acids is 1. The summed E-state index contributed by atoms with van der Waals surface area (Å²) in [5.41, 5.74) is 0.409. The molecular weight excluding hydrogens is 311 g/mol. The number of carbonyl (C=O) groups is 1. The molecule has 1 atom stereocenters. The fraction of sp³-hybridized carbons (Fsp3) is 0.500. The topological polar surface area (TPSA) is 32.3 Å². The average Bonchev–Trinajstić information content (AvgIpc) is 2.87. The lowest BCUT2D eigenvalue weighted by atomic mass is 10.1. The van der Waals surface area contributed by atoms with Gasteiger partial charge in [-0.25, -0.2) is 4.39 Å². The van der Waals surface area contributed by atoms with Gasteiger partial charge in [0.1, 0.15) is 5.82 Å². The van der Waals surface area contributed by atoms with Crippen LogP contribution in [0.4, 0.5) is 4.39 Å². The summed E-state index contributed by atoms with van der Waals surface area (Å²) < 4.78 is 14.0. The minimum Gasteiger partial charge on any atom is -0.334 e. The van der Waals surface area contributed by atoms with Crippen molar-refractivity contribution in [1.29, 1.82) is 0 Å². The number of hydrogen-bond acceptors (Lipinski definition) is 2. The molecule has 1 amide bonds. The van der Waals surface area contributed by atoms with E-state index in [-0.39, 0.29) is 11.9 Å². The Kier molecular flexibility index (Phi) is 4.93. The Morgan fingerprint density at radius 2 is 2.32 bits per heavy atom. The molecule has 1 saturated heterocycles. The Bertz CT molecular complexity index is 441. The van der Waals surface area contributed by atoms with Gasteiger partial charge in [0.25, 0.3) is 5.91 Å². The number of benzene rings is 1. The third-order valence-corrected chi connectivity index (χ3v) is 3.77. The predicted molar refractivity (Wildman–Crippen MR) is 76.7 cm³/mol. The summed E-state index contributed by atoms with van der Waals surface area (Å²) in [4.78, 5) is 14.4. The van der Waals surface area contributed by atoms with Crippen LogP contribution in [0.1, 0.15) is 30.1 Å². The maximum atomic E-state index is 13.4. The molecule has 1 aliphatic rings. The number of nitrogens with one attached hydrogen (secondary N) is 1. The maximum Gasteiger partial charge on any atom is 0.254 e. The van der Waals surface area contributed by atoms with Crippen LogP contribution in [0.2, 0.25) is 0 Å². The Labute approximate surface area is 121 Å². The van der Waals surface area contributed by atoms with Crippen molar-refractivity contribution in [2.45, 2.75) is 25.8 Å². The van der Waals surface area contributed by atoms with Gasteiger partial charge >= 0.3 is 0 Å². The minimum absolute atomic E-state index is 0.0873. The van der Waals surface area contributed by atoms with E-state index in [9.17, 15) is 9.18 Å². The van der Waals surface area contributed by atoms with Gasteiger partial charge in [0.2, 0.25) is 0 Å². The van der Waals surface area contributed by atoms with Crippen molar-refractivity contribution in [3.63, 3.8) is 0 Å². The molecule has 1 aromatic rings. The van der Waals surface area contributed by atoms with E-state index in [0.29, 0.717) is 16.6 Å². The van der Waals surface area contributed by atoms with E-state index in [4.69, 9.17) is 0 Å². The van der Waals surface area contributed by atoms with Gasteiger partial charge < -0.3 is 10.2 Å². The largest absolute Gasteiger partial charge is 0.334 e. The molecule has 3 nitrogen and oxygen atoms in total. The van der Waals surface area contributed by atoms with Crippen molar-refractivity contribution >= 4 is 21.8 Å². The van der Waals surface area contributed by atoms with Gasteiger partial charge in [0.05, 0.1) is 0 Å². The summed E-state index contributed by atoms with van der Waals surface area (Å²) in [6, 6.07) is 4.56. The lowest BCUT2D eigenvalue weighted by Crippen LogP contribution is -2.42. The summed E-state index contributed by atoms with van der Waals surface area (Å²) in [6.07, 6.45) is 1.86. The molecule has 1 aromatic carbocycles. The maximum absolute atomic E-state index is 13.4. The number of rotatable bonds is 4. The van der Waals surface area contributed by atoms with Crippen LogP contribution in [0.5, 0.6) is 0 Å². The molecule has 0 spiro atoms. The van der Waals surface area contributed by atoms with E-state index < -0.39 is 5.82 Å². The minimum atomic E-state index is -0.390. The molecular formula is C14H18BrFN2O. The van der Waals surface area contributed by atoms with Crippen molar-refractivity contribution in [3.05, 3.63) is 34.1 Å². The van der Waals surface area contributed by atoms with Crippen LogP contribution in [0, 0.1) is 5.82 Å². The second kappa shape index (κ2) is 6.48. The van der Waals surface area contributed by atoms with Crippen LogP contribution in [0.15, 0.2) is 22.7 Å². The average molecular weight is 329 g/mol. The van der Waals surface area contributed by atoms with Crippen molar-refractivity contribution in [2.75, 3.05) is 19.6 Å². The second-order valence-electron chi connectivity index (χ2n) is 4.80. The second-order valence-corrected chi connectivity index (χ2v) is 5.72. The first-order valence-electron chi connectivity index (χ1n) is 6.59. The van der Waals surface area contributed by atoms with Gasteiger partial charge in [-0.05, 0) is 37.6 Å². The Balaban J connectivity index is 2.22. The number of nitrogens with zero attached hydrogens (tertiary/aromatic N) is 1. The zero-order chi connectivity index (χ0) is 13.8. The van der Waals surface area contributed by atoms with Gasteiger partial charge in [-0.1, -0.05) is 22.9 Å². The molecule has 0 saturated carbocycles. The number of amides is 1. The predicted octanol–water partition coefficient (Wildman–Crippen LogP) is 2.80. The highest BCUT2D eigenvalue weighted by Crippen LogP contribution is 2.19. The fourth-order valence-corrected chi connectivity index (χ4v) is 2.90. The smallest absolute Gasteiger partial charge is 0.254 e. The molecule has 2 rings (SSSR count). The van der Waals surface area contributed by atoms with Gasteiger partial charge in [0, 0.05) is 29.2 Å². The van der Waals surface area contributed by atoms with Crippen molar-refractivity contribution in [2.24, 2.45) is 0 Å². The Morgan fingerprint density at radius 3 is 2.89 bits per heavy atom. The molecule has 1 heterocycles. The van der Waals surface area contributed by atoms with Gasteiger partial charge in [-0.3, -0.25) is 4.79 Å². The third kappa shape index (κ3) is 3.54. The highest BCUT2D eigenvalue weighted by Gasteiger charge is 2.26. The summed E-state index contributed by atoms with van der Waals surface area (Å²) in [5, 5.41) is 3.26.